The SMILES string of the molecule is CCc1ccc(C(=O)Nc2cc(Cl)ccc2F)cc1. The van der Waals surface area contributed by atoms with Crippen LogP contribution in [-0.4, -0.2) is 5.91 Å². The number of rotatable bonds is 3. The Labute approximate surface area is 116 Å². The number of anilines is 1. The maximum absolute atomic E-state index is 13.5. The van der Waals surface area contributed by atoms with Crippen molar-refractivity contribution in [2.45, 2.75) is 13.3 Å². The summed E-state index contributed by atoms with van der Waals surface area (Å²) in [5, 5.41) is 2.88. The van der Waals surface area contributed by atoms with E-state index < -0.39 is 5.82 Å². The number of hydrogen-bond donors (Lipinski definition) is 1. The first-order valence-electron chi connectivity index (χ1n) is 5.95. The smallest absolute Gasteiger partial charge is 0.255 e. The maximum atomic E-state index is 13.5. The second-order valence-corrected chi connectivity index (χ2v) is 4.57. The van der Waals surface area contributed by atoms with E-state index in [0.29, 0.717) is 10.6 Å². The average molecular weight is 278 g/mol. The van der Waals surface area contributed by atoms with Crippen LogP contribution in [0.25, 0.3) is 0 Å². The first-order chi connectivity index (χ1) is 9.10. The van der Waals surface area contributed by atoms with Gasteiger partial charge in [-0.1, -0.05) is 30.7 Å². The number of halogens is 2. The zero-order valence-corrected chi connectivity index (χ0v) is 11.2. The van der Waals surface area contributed by atoms with Gasteiger partial charge in [0.2, 0.25) is 0 Å². The van der Waals surface area contributed by atoms with Crippen LogP contribution in [0, 0.1) is 5.82 Å². The molecule has 0 fully saturated rings. The summed E-state index contributed by atoms with van der Waals surface area (Å²) in [4.78, 5) is 12.0. The molecule has 0 heterocycles. The van der Waals surface area contributed by atoms with E-state index in [4.69, 9.17) is 11.6 Å². The van der Waals surface area contributed by atoms with Gasteiger partial charge in [0.25, 0.3) is 5.91 Å². The molecule has 0 aliphatic heterocycles. The molecule has 0 atom stereocenters. The van der Waals surface area contributed by atoms with E-state index in [-0.39, 0.29) is 11.6 Å². The molecule has 0 saturated heterocycles. The van der Waals surface area contributed by atoms with Gasteiger partial charge in [-0.05, 0) is 42.3 Å². The number of aryl methyl sites for hydroxylation is 1. The summed E-state index contributed by atoms with van der Waals surface area (Å²) >= 11 is 5.77. The lowest BCUT2D eigenvalue weighted by atomic mass is 10.1. The van der Waals surface area contributed by atoms with E-state index in [1.165, 1.54) is 18.2 Å². The molecule has 19 heavy (non-hydrogen) atoms. The fourth-order valence-corrected chi connectivity index (χ4v) is 1.85. The molecule has 0 aliphatic rings. The summed E-state index contributed by atoms with van der Waals surface area (Å²) in [6.45, 7) is 2.04. The molecule has 0 saturated carbocycles. The lowest BCUT2D eigenvalue weighted by Gasteiger charge is -2.07. The molecule has 98 valence electrons. The van der Waals surface area contributed by atoms with Crippen molar-refractivity contribution in [3.63, 3.8) is 0 Å². The Hall–Kier alpha value is -1.87. The van der Waals surface area contributed by atoms with Crippen molar-refractivity contribution in [2.75, 3.05) is 5.32 Å². The van der Waals surface area contributed by atoms with Crippen LogP contribution in [0.5, 0.6) is 0 Å². The Morgan fingerprint density at radius 2 is 1.89 bits per heavy atom. The zero-order chi connectivity index (χ0) is 13.8. The third kappa shape index (κ3) is 3.32. The maximum Gasteiger partial charge on any atom is 0.255 e. The van der Waals surface area contributed by atoms with Crippen LogP contribution in [0.1, 0.15) is 22.8 Å². The fourth-order valence-electron chi connectivity index (χ4n) is 1.68. The highest BCUT2D eigenvalue weighted by molar-refractivity contribution is 6.31. The molecule has 1 N–H and O–H groups in total. The van der Waals surface area contributed by atoms with Crippen molar-refractivity contribution >= 4 is 23.2 Å². The Balaban J connectivity index is 2.18. The normalized spacial score (nSPS) is 10.3. The summed E-state index contributed by atoms with van der Waals surface area (Å²) < 4.78 is 13.5. The first kappa shape index (κ1) is 13.6. The number of benzene rings is 2. The van der Waals surface area contributed by atoms with Gasteiger partial charge in [-0.15, -0.1) is 0 Å². The summed E-state index contributed by atoms with van der Waals surface area (Å²) in [6, 6.07) is 11.2. The first-order valence-corrected chi connectivity index (χ1v) is 6.33. The van der Waals surface area contributed by atoms with E-state index in [2.05, 4.69) is 5.32 Å². The van der Waals surface area contributed by atoms with Crippen molar-refractivity contribution in [1.82, 2.24) is 0 Å². The van der Waals surface area contributed by atoms with Crippen LogP contribution < -0.4 is 5.32 Å². The minimum atomic E-state index is -0.511. The molecule has 0 aliphatic carbocycles. The summed E-state index contributed by atoms with van der Waals surface area (Å²) in [5.74, 6) is -0.869. The Morgan fingerprint density at radius 3 is 2.53 bits per heavy atom. The number of carbonyl (C=O) groups excluding carboxylic acids is 1. The van der Waals surface area contributed by atoms with Gasteiger partial charge in [-0.3, -0.25) is 4.79 Å². The van der Waals surface area contributed by atoms with E-state index in [1.807, 2.05) is 19.1 Å². The lowest BCUT2D eigenvalue weighted by Crippen LogP contribution is -2.13. The topological polar surface area (TPSA) is 29.1 Å². The Kier molecular flexibility index (Phi) is 4.17. The third-order valence-corrected chi connectivity index (χ3v) is 3.04. The molecule has 1 amide bonds. The highest BCUT2D eigenvalue weighted by atomic mass is 35.5. The molecule has 2 nitrogen and oxygen atoms in total. The quantitative estimate of drug-likeness (QED) is 0.891. The summed E-state index contributed by atoms with van der Waals surface area (Å²) in [5.41, 5.74) is 1.71. The molecule has 0 spiro atoms. The third-order valence-electron chi connectivity index (χ3n) is 2.80. The minimum Gasteiger partial charge on any atom is -0.319 e. The molecule has 0 aromatic heterocycles. The molecule has 0 radical (unpaired) electrons. The van der Waals surface area contributed by atoms with Crippen LogP contribution in [0.2, 0.25) is 5.02 Å². The van der Waals surface area contributed by atoms with Crippen LogP contribution >= 0.6 is 11.6 Å². The predicted octanol–water partition coefficient (Wildman–Crippen LogP) is 4.29. The Morgan fingerprint density at radius 1 is 1.21 bits per heavy atom. The van der Waals surface area contributed by atoms with Gasteiger partial charge in [0.1, 0.15) is 5.82 Å². The monoisotopic (exact) mass is 277 g/mol. The van der Waals surface area contributed by atoms with Crippen molar-refractivity contribution in [3.8, 4) is 0 Å². The van der Waals surface area contributed by atoms with Crippen molar-refractivity contribution < 1.29 is 9.18 Å². The van der Waals surface area contributed by atoms with Gasteiger partial charge in [-0.2, -0.15) is 0 Å². The lowest BCUT2D eigenvalue weighted by molar-refractivity contribution is 0.102. The highest BCUT2D eigenvalue weighted by Crippen LogP contribution is 2.20. The van der Waals surface area contributed by atoms with Crippen molar-refractivity contribution in [2.24, 2.45) is 0 Å². The van der Waals surface area contributed by atoms with Gasteiger partial charge in [0.15, 0.2) is 0 Å². The standard InChI is InChI=1S/C15H13ClFNO/c1-2-10-3-5-11(6-4-10)15(19)18-14-9-12(16)7-8-13(14)17/h3-9H,2H2,1H3,(H,18,19). The number of amides is 1. The van der Waals surface area contributed by atoms with Crippen LogP contribution in [-0.2, 0) is 6.42 Å². The van der Waals surface area contributed by atoms with Gasteiger partial charge in [0.05, 0.1) is 5.69 Å². The summed E-state index contributed by atoms with van der Waals surface area (Å²) in [6.07, 6.45) is 0.908. The molecule has 0 unspecified atom stereocenters. The van der Waals surface area contributed by atoms with Crippen LogP contribution in [0.3, 0.4) is 0 Å². The highest BCUT2D eigenvalue weighted by Gasteiger charge is 2.09. The largest absolute Gasteiger partial charge is 0.319 e. The molecular formula is C15H13ClFNO. The molecular weight excluding hydrogens is 265 g/mol. The van der Waals surface area contributed by atoms with Crippen molar-refractivity contribution in [1.29, 1.82) is 0 Å². The Bertz CT molecular complexity index is 596. The molecule has 4 heteroatoms. The van der Waals surface area contributed by atoms with Gasteiger partial charge >= 0.3 is 0 Å². The molecule has 0 bridgehead atoms. The van der Waals surface area contributed by atoms with Crippen molar-refractivity contribution in [3.05, 3.63) is 64.4 Å². The fraction of sp³-hybridized carbons (Fsp3) is 0.133. The van der Waals surface area contributed by atoms with E-state index in [0.717, 1.165) is 12.0 Å². The number of carbonyl (C=O) groups is 1. The number of hydrogen-bond acceptors (Lipinski definition) is 1. The zero-order valence-electron chi connectivity index (χ0n) is 10.4. The van der Waals surface area contributed by atoms with E-state index in [1.54, 1.807) is 12.1 Å². The van der Waals surface area contributed by atoms with Gasteiger partial charge in [-0.25, -0.2) is 4.39 Å². The van der Waals surface area contributed by atoms with E-state index in [9.17, 15) is 9.18 Å². The molecule has 2 aromatic rings. The van der Waals surface area contributed by atoms with E-state index >= 15 is 0 Å². The number of nitrogens with one attached hydrogen (secondary N) is 1. The van der Waals surface area contributed by atoms with Gasteiger partial charge in [0, 0.05) is 10.6 Å². The minimum absolute atomic E-state index is 0.0806. The molecule has 2 rings (SSSR count). The molecule has 2 aromatic carbocycles. The average Bonchev–Trinajstić information content (AvgIpc) is 2.43. The predicted molar refractivity (Wildman–Crippen MR) is 75.2 cm³/mol. The van der Waals surface area contributed by atoms with Crippen LogP contribution in [0.15, 0.2) is 42.5 Å². The second kappa shape index (κ2) is 5.85. The van der Waals surface area contributed by atoms with Gasteiger partial charge < -0.3 is 5.32 Å². The van der Waals surface area contributed by atoms with Crippen LogP contribution in [0.4, 0.5) is 10.1 Å². The second-order valence-electron chi connectivity index (χ2n) is 4.13. The summed E-state index contributed by atoms with van der Waals surface area (Å²) in [7, 11) is 0.